The quantitative estimate of drug-likeness (QED) is 0.851. The fourth-order valence-electron chi connectivity index (χ4n) is 2.96. The van der Waals surface area contributed by atoms with E-state index in [0.717, 1.165) is 5.01 Å². The van der Waals surface area contributed by atoms with Crippen LogP contribution in [0, 0.1) is 0 Å². The minimum atomic E-state index is -0.486. The topological polar surface area (TPSA) is 93.7 Å². The van der Waals surface area contributed by atoms with Crippen molar-refractivity contribution in [2.45, 2.75) is 51.2 Å². The lowest BCUT2D eigenvalue weighted by Gasteiger charge is -2.37. The Kier molecular flexibility index (Phi) is 5.65. The Hall–Kier alpha value is -1.58. The van der Waals surface area contributed by atoms with Crippen LogP contribution in [0.1, 0.15) is 50.5 Å². The summed E-state index contributed by atoms with van der Waals surface area (Å²) in [5.74, 6) is -0.432. The first-order chi connectivity index (χ1) is 12.0. The van der Waals surface area contributed by atoms with Crippen molar-refractivity contribution in [3.63, 3.8) is 0 Å². The molecule has 2 aliphatic heterocycles. The summed E-state index contributed by atoms with van der Waals surface area (Å²) < 4.78 is 11.3. The van der Waals surface area contributed by atoms with E-state index in [2.05, 4.69) is 15.5 Å². The second-order valence-electron chi connectivity index (χ2n) is 6.64. The molecular weight excluding hydrogens is 344 g/mol. The summed E-state index contributed by atoms with van der Waals surface area (Å²) in [5, 5.41) is 12.0. The first kappa shape index (κ1) is 18.2. The second-order valence-corrected chi connectivity index (χ2v) is 7.65. The normalized spacial score (nSPS) is 19.6. The van der Waals surface area contributed by atoms with Crippen LogP contribution in [0.4, 0.5) is 5.13 Å². The molecule has 2 aliphatic rings. The smallest absolute Gasteiger partial charge is 0.226 e. The average molecular weight is 368 g/mol. The SMILES string of the molecule is CC(C)c1nnc(NC(=O)CCC(=O)N2CCC3(CC2)OCCO3)s1. The molecule has 2 fully saturated rings. The minimum Gasteiger partial charge on any atom is -0.347 e. The highest BCUT2D eigenvalue weighted by atomic mass is 32.1. The summed E-state index contributed by atoms with van der Waals surface area (Å²) in [7, 11) is 0. The Morgan fingerprint density at radius 2 is 1.88 bits per heavy atom. The van der Waals surface area contributed by atoms with Gasteiger partial charge in [0.1, 0.15) is 5.01 Å². The van der Waals surface area contributed by atoms with Crippen LogP contribution in [-0.2, 0) is 19.1 Å². The number of nitrogens with zero attached hydrogens (tertiary/aromatic N) is 3. The molecule has 0 aromatic carbocycles. The van der Waals surface area contributed by atoms with Crippen molar-refractivity contribution >= 4 is 28.3 Å². The van der Waals surface area contributed by atoms with Crippen molar-refractivity contribution < 1.29 is 19.1 Å². The number of hydrogen-bond acceptors (Lipinski definition) is 7. The Morgan fingerprint density at radius 3 is 2.48 bits per heavy atom. The van der Waals surface area contributed by atoms with E-state index in [9.17, 15) is 9.59 Å². The van der Waals surface area contributed by atoms with E-state index in [1.807, 2.05) is 13.8 Å². The number of aromatic nitrogens is 2. The van der Waals surface area contributed by atoms with Gasteiger partial charge in [-0.05, 0) is 0 Å². The van der Waals surface area contributed by atoms with E-state index in [-0.39, 0.29) is 30.6 Å². The van der Waals surface area contributed by atoms with Gasteiger partial charge in [0.05, 0.1) is 13.2 Å². The van der Waals surface area contributed by atoms with Gasteiger partial charge in [-0.25, -0.2) is 0 Å². The summed E-state index contributed by atoms with van der Waals surface area (Å²) in [5.41, 5.74) is 0. The molecule has 8 nitrogen and oxygen atoms in total. The molecule has 0 aliphatic carbocycles. The van der Waals surface area contributed by atoms with Crippen molar-refractivity contribution in [2.24, 2.45) is 0 Å². The lowest BCUT2D eigenvalue weighted by molar-refractivity contribution is -0.187. The molecule has 0 atom stereocenters. The Balaban J connectivity index is 1.40. The zero-order valence-electron chi connectivity index (χ0n) is 14.6. The molecule has 0 bridgehead atoms. The first-order valence-corrected chi connectivity index (χ1v) is 9.48. The van der Waals surface area contributed by atoms with Crippen LogP contribution < -0.4 is 5.32 Å². The van der Waals surface area contributed by atoms with Crippen molar-refractivity contribution in [2.75, 3.05) is 31.6 Å². The zero-order valence-corrected chi connectivity index (χ0v) is 15.4. The van der Waals surface area contributed by atoms with E-state index in [0.29, 0.717) is 44.3 Å². The number of piperidine rings is 1. The molecule has 1 N–H and O–H groups in total. The number of anilines is 1. The summed E-state index contributed by atoms with van der Waals surface area (Å²) in [6, 6.07) is 0. The van der Waals surface area contributed by atoms with Gasteiger partial charge in [0.25, 0.3) is 0 Å². The standard InChI is InChI=1S/C16H24N4O4S/c1-11(2)14-18-19-15(25-14)17-12(21)3-4-13(22)20-7-5-16(6-8-20)23-9-10-24-16/h11H,3-10H2,1-2H3,(H,17,19,21). The number of carbonyl (C=O) groups excluding carboxylic acids is 2. The van der Waals surface area contributed by atoms with Gasteiger partial charge in [-0.1, -0.05) is 25.2 Å². The molecule has 0 radical (unpaired) electrons. The Morgan fingerprint density at radius 1 is 1.20 bits per heavy atom. The third-order valence-corrected chi connectivity index (χ3v) is 5.58. The maximum atomic E-state index is 12.3. The fourth-order valence-corrected chi connectivity index (χ4v) is 3.72. The van der Waals surface area contributed by atoms with Crippen molar-refractivity contribution in [3.05, 3.63) is 5.01 Å². The third-order valence-electron chi connectivity index (χ3n) is 4.44. The minimum absolute atomic E-state index is 0.0110. The van der Waals surface area contributed by atoms with E-state index >= 15 is 0 Å². The van der Waals surface area contributed by atoms with E-state index in [1.54, 1.807) is 4.90 Å². The van der Waals surface area contributed by atoms with Gasteiger partial charge < -0.3 is 19.7 Å². The number of ether oxygens (including phenoxy) is 2. The Labute approximate surface area is 150 Å². The van der Waals surface area contributed by atoms with E-state index in [4.69, 9.17) is 9.47 Å². The molecule has 25 heavy (non-hydrogen) atoms. The second kappa shape index (κ2) is 7.76. The van der Waals surface area contributed by atoms with Crippen LogP contribution in [0.15, 0.2) is 0 Å². The maximum Gasteiger partial charge on any atom is 0.226 e. The van der Waals surface area contributed by atoms with Gasteiger partial charge in [-0.2, -0.15) is 0 Å². The molecular formula is C16H24N4O4S. The highest BCUT2D eigenvalue weighted by Gasteiger charge is 2.40. The summed E-state index contributed by atoms with van der Waals surface area (Å²) in [4.78, 5) is 26.1. The molecule has 0 unspecified atom stereocenters. The van der Waals surface area contributed by atoms with Crippen molar-refractivity contribution in [1.29, 1.82) is 0 Å². The summed E-state index contributed by atoms with van der Waals surface area (Å²) in [6.45, 7) is 6.50. The maximum absolute atomic E-state index is 12.3. The molecule has 138 valence electrons. The highest BCUT2D eigenvalue weighted by Crippen LogP contribution is 2.31. The molecule has 3 rings (SSSR count). The molecule has 0 saturated carbocycles. The lowest BCUT2D eigenvalue weighted by Crippen LogP contribution is -2.47. The fraction of sp³-hybridized carbons (Fsp3) is 0.750. The van der Waals surface area contributed by atoms with E-state index < -0.39 is 5.79 Å². The number of amides is 2. The van der Waals surface area contributed by atoms with Gasteiger partial charge in [-0.3, -0.25) is 9.59 Å². The number of nitrogens with one attached hydrogen (secondary N) is 1. The molecule has 1 aromatic rings. The van der Waals surface area contributed by atoms with Crippen LogP contribution in [0.5, 0.6) is 0 Å². The zero-order chi connectivity index (χ0) is 17.9. The van der Waals surface area contributed by atoms with Gasteiger partial charge in [0, 0.05) is 44.7 Å². The molecule has 1 aromatic heterocycles. The van der Waals surface area contributed by atoms with Gasteiger partial charge in [0.15, 0.2) is 5.79 Å². The largest absolute Gasteiger partial charge is 0.347 e. The molecule has 2 saturated heterocycles. The number of rotatable bonds is 5. The molecule has 1 spiro atoms. The van der Waals surface area contributed by atoms with Crippen LogP contribution in [0.2, 0.25) is 0 Å². The average Bonchev–Trinajstić information content (AvgIpc) is 3.23. The van der Waals surface area contributed by atoms with Gasteiger partial charge >= 0.3 is 0 Å². The van der Waals surface area contributed by atoms with Crippen LogP contribution >= 0.6 is 11.3 Å². The van der Waals surface area contributed by atoms with Crippen LogP contribution in [0.25, 0.3) is 0 Å². The monoisotopic (exact) mass is 368 g/mol. The highest BCUT2D eigenvalue weighted by molar-refractivity contribution is 7.15. The first-order valence-electron chi connectivity index (χ1n) is 8.66. The number of carbonyl (C=O) groups is 2. The number of hydrogen-bond donors (Lipinski definition) is 1. The lowest BCUT2D eigenvalue weighted by atomic mass is 10.0. The van der Waals surface area contributed by atoms with Crippen LogP contribution in [0.3, 0.4) is 0 Å². The summed E-state index contributed by atoms with van der Waals surface area (Å²) in [6.07, 6.45) is 1.71. The molecule has 2 amide bonds. The summed E-state index contributed by atoms with van der Waals surface area (Å²) >= 11 is 1.36. The predicted molar refractivity (Wildman–Crippen MR) is 92.3 cm³/mol. The van der Waals surface area contributed by atoms with Gasteiger partial charge in [-0.15, -0.1) is 10.2 Å². The van der Waals surface area contributed by atoms with Crippen LogP contribution in [-0.4, -0.2) is 59.0 Å². The molecule has 3 heterocycles. The van der Waals surface area contributed by atoms with Crippen molar-refractivity contribution in [3.8, 4) is 0 Å². The van der Waals surface area contributed by atoms with Crippen molar-refractivity contribution in [1.82, 2.24) is 15.1 Å². The molecule has 9 heteroatoms. The van der Waals surface area contributed by atoms with Gasteiger partial charge in [0.2, 0.25) is 16.9 Å². The van der Waals surface area contributed by atoms with E-state index in [1.165, 1.54) is 11.3 Å². The number of likely N-dealkylation sites (tertiary alicyclic amines) is 1. The Bertz CT molecular complexity index is 617. The predicted octanol–water partition coefficient (Wildman–Crippen LogP) is 1.75. The third kappa shape index (κ3) is 4.53.